The van der Waals surface area contributed by atoms with Gasteiger partial charge < -0.3 is 4.74 Å². The number of pyridine rings is 1. The zero-order valence-corrected chi connectivity index (χ0v) is 7.29. The first-order valence-corrected chi connectivity index (χ1v) is 4.49. The molecule has 2 rings (SSSR count). The number of ether oxygens (including phenoxy) is 1. The molecule has 0 amide bonds. The number of aromatic nitrogens is 1. The normalized spacial score (nSPS) is 16.1. The Balaban J connectivity index is 2.24. The van der Waals surface area contributed by atoms with Gasteiger partial charge in [-0.15, -0.1) is 0 Å². The minimum Gasteiger partial charge on any atom is -0.492 e. The largest absolute Gasteiger partial charge is 0.492 e. The standard InChI is InChI=1S/C10H13NO/c1-2-12-9-4-3-7-11-10(9)8-5-6-8/h3-4,7-8H,2,5-6H2,1H3. The summed E-state index contributed by atoms with van der Waals surface area (Å²) in [7, 11) is 0. The van der Waals surface area contributed by atoms with Crippen molar-refractivity contribution in [2.45, 2.75) is 25.7 Å². The Morgan fingerprint density at radius 1 is 1.58 bits per heavy atom. The lowest BCUT2D eigenvalue weighted by atomic mass is 10.2. The van der Waals surface area contributed by atoms with Crippen LogP contribution in [-0.4, -0.2) is 11.6 Å². The summed E-state index contributed by atoms with van der Waals surface area (Å²) < 4.78 is 5.48. The molecule has 0 unspecified atom stereocenters. The summed E-state index contributed by atoms with van der Waals surface area (Å²) in [6.07, 6.45) is 4.39. The lowest BCUT2D eigenvalue weighted by Crippen LogP contribution is -1.97. The number of hydrogen-bond acceptors (Lipinski definition) is 2. The summed E-state index contributed by atoms with van der Waals surface area (Å²) in [6.45, 7) is 2.73. The lowest BCUT2D eigenvalue weighted by Gasteiger charge is -2.06. The summed E-state index contributed by atoms with van der Waals surface area (Å²) in [5.41, 5.74) is 1.15. The molecule has 1 fully saturated rings. The third-order valence-electron chi connectivity index (χ3n) is 2.06. The van der Waals surface area contributed by atoms with Crippen molar-refractivity contribution >= 4 is 0 Å². The van der Waals surface area contributed by atoms with Gasteiger partial charge in [0.25, 0.3) is 0 Å². The molecule has 0 aliphatic heterocycles. The highest BCUT2D eigenvalue weighted by Crippen LogP contribution is 2.42. The summed E-state index contributed by atoms with van der Waals surface area (Å²) in [4.78, 5) is 4.33. The van der Waals surface area contributed by atoms with Crippen molar-refractivity contribution in [3.63, 3.8) is 0 Å². The van der Waals surface area contributed by atoms with Gasteiger partial charge in [-0.1, -0.05) is 0 Å². The van der Waals surface area contributed by atoms with Crippen LogP contribution in [0.5, 0.6) is 5.75 Å². The van der Waals surface area contributed by atoms with E-state index in [0.29, 0.717) is 5.92 Å². The maximum Gasteiger partial charge on any atom is 0.141 e. The summed E-state index contributed by atoms with van der Waals surface area (Å²) >= 11 is 0. The van der Waals surface area contributed by atoms with E-state index in [4.69, 9.17) is 4.74 Å². The van der Waals surface area contributed by atoms with E-state index in [0.717, 1.165) is 18.1 Å². The zero-order chi connectivity index (χ0) is 8.39. The predicted octanol–water partition coefficient (Wildman–Crippen LogP) is 2.36. The van der Waals surface area contributed by atoms with Gasteiger partial charge in [0.05, 0.1) is 12.3 Å². The molecule has 0 atom stereocenters. The van der Waals surface area contributed by atoms with Gasteiger partial charge in [0.2, 0.25) is 0 Å². The first-order valence-electron chi connectivity index (χ1n) is 4.49. The van der Waals surface area contributed by atoms with Gasteiger partial charge in [-0.25, -0.2) is 0 Å². The van der Waals surface area contributed by atoms with Crippen molar-refractivity contribution in [2.75, 3.05) is 6.61 Å². The molecule has 0 radical (unpaired) electrons. The molecule has 1 aliphatic rings. The fourth-order valence-corrected chi connectivity index (χ4v) is 1.34. The van der Waals surface area contributed by atoms with E-state index in [-0.39, 0.29) is 0 Å². The van der Waals surface area contributed by atoms with Crippen molar-refractivity contribution in [1.29, 1.82) is 0 Å². The third-order valence-corrected chi connectivity index (χ3v) is 2.06. The van der Waals surface area contributed by atoms with E-state index >= 15 is 0 Å². The number of rotatable bonds is 3. The monoisotopic (exact) mass is 163 g/mol. The molecule has 1 aromatic heterocycles. The quantitative estimate of drug-likeness (QED) is 0.682. The molecule has 2 nitrogen and oxygen atoms in total. The highest BCUT2D eigenvalue weighted by Gasteiger charge is 2.27. The second-order valence-electron chi connectivity index (χ2n) is 3.09. The SMILES string of the molecule is CCOc1cccnc1C1CC1. The Hall–Kier alpha value is -1.05. The summed E-state index contributed by atoms with van der Waals surface area (Å²) in [5.74, 6) is 1.65. The zero-order valence-electron chi connectivity index (χ0n) is 7.29. The van der Waals surface area contributed by atoms with Crippen LogP contribution in [0.1, 0.15) is 31.4 Å². The van der Waals surface area contributed by atoms with Crippen LogP contribution in [0, 0.1) is 0 Å². The predicted molar refractivity (Wildman–Crippen MR) is 47.4 cm³/mol. The molecule has 64 valence electrons. The van der Waals surface area contributed by atoms with Gasteiger partial charge in [0, 0.05) is 12.1 Å². The van der Waals surface area contributed by atoms with Crippen LogP contribution in [0.25, 0.3) is 0 Å². The van der Waals surface area contributed by atoms with Crippen molar-refractivity contribution in [1.82, 2.24) is 4.98 Å². The Labute approximate surface area is 72.6 Å². The molecule has 2 heteroatoms. The van der Waals surface area contributed by atoms with Gasteiger partial charge in [-0.3, -0.25) is 4.98 Å². The Bertz CT molecular complexity index is 268. The fourth-order valence-electron chi connectivity index (χ4n) is 1.34. The first kappa shape index (κ1) is 7.59. The van der Waals surface area contributed by atoms with E-state index < -0.39 is 0 Å². The number of nitrogens with zero attached hydrogens (tertiary/aromatic N) is 1. The van der Waals surface area contributed by atoms with Crippen LogP contribution in [0.15, 0.2) is 18.3 Å². The van der Waals surface area contributed by atoms with Gasteiger partial charge in [-0.2, -0.15) is 0 Å². The van der Waals surface area contributed by atoms with Crippen molar-refractivity contribution in [3.05, 3.63) is 24.0 Å². The maximum absolute atomic E-state index is 5.48. The van der Waals surface area contributed by atoms with Crippen molar-refractivity contribution < 1.29 is 4.74 Å². The van der Waals surface area contributed by atoms with E-state index in [1.54, 1.807) is 0 Å². The molecule has 1 aliphatic carbocycles. The number of hydrogen-bond donors (Lipinski definition) is 0. The van der Waals surface area contributed by atoms with E-state index in [1.165, 1.54) is 12.8 Å². The van der Waals surface area contributed by atoms with Gasteiger partial charge in [-0.05, 0) is 31.9 Å². The Kier molecular flexibility index (Phi) is 1.98. The molecule has 1 heterocycles. The fraction of sp³-hybridized carbons (Fsp3) is 0.500. The molecular formula is C10H13NO. The lowest BCUT2D eigenvalue weighted by molar-refractivity contribution is 0.334. The van der Waals surface area contributed by atoms with Crippen LogP contribution < -0.4 is 4.74 Å². The van der Waals surface area contributed by atoms with Gasteiger partial charge >= 0.3 is 0 Å². The molecule has 0 saturated heterocycles. The molecule has 0 N–H and O–H groups in total. The average Bonchev–Trinajstić information content (AvgIpc) is 2.89. The van der Waals surface area contributed by atoms with Crippen molar-refractivity contribution in [3.8, 4) is 5.75 Å². The Morgan fingerprint density at radius 3 is 3.08 bits per heavy atom. The van der Waals surface area contributed by atoms with Gasteiger partial charge in [0.1, 0.15) is 5.75 Å². The molecule has 0 spiro atoms. The third kappa shape index (κ3) is 1.42. The van der Waals surface area contributed by atoms with Crippen LogP contribution in [0.3, 0.4) is 0 Å². The molecule has 0 aromatic carbocycles. The maximum atomic E-state index is 5.48. The van der Waals surface area contributed by atoms with Crippen LogP contribution in [-0.2, 0) is 0 Å². The van der Waals surface area contributed by atoms with Gasteiger partial charge in [0.15, 0.2) is 0 Å². The first-order chi connectivity index (χ1) is 5.92. The topological polar surface area (TPSA) is 22.1 Å². The molecular weight excluding hydrogens is 150 g/mol. The highest BCUT2D eigenvalue weighted by molar-refractivity contribution is 5.32. The molecule has 12 heavy (non-hydrogen) atoms. The second-order valence-corrected chi connectivity index (χ2v) is 3.09. The van der Waals surface area contributed by atoms with E-state index in [2.05, 4.69) is 4.98 Å². The minimum absolute atomic E-state index is 0.674. The smallest absolute Gasteiger partial charge is 0.141 e. The van der Waals surface area contributed by atoms with E-state index in [1.807, 2.05) is 25.3 Å². The molecule has 0 bridgehead atoms. The van der Waals surface area contributed by atoms with Crippen LogP contribution in [0.4, 0.5) is 0 Å². The highest BCUT2D eigenvalue weighted by atomic mass is 16.5. The minimum atomic E-state index is 0.674. The summed E-state index contributed by atoms with van der Waals surface area (Å²) in [6, 6.07) is 3.93. The van der Waals surface area contributed by atoms with Crippen LogP contribution >= 0.6 is 0 Å². The summed E-state index contributed by atoms with van der Waals surface area (Å²) in [5, 5.41) is 0. The average molecular weight is 163 g/mol. The molecule has 1 saturated carbocycles. The second kappa shape index (κ2) is 3.13. The van der Waals surface area contributed by atoms with Crippen LogP contribution in [0.2, 0.25) is 0 Å². The Morgan fingerprint density at radius 2 is 2.42 bits per heavy atom. The van der Waals surface area contributed by atoms with E-state index in [9.17, 15) is 0 Å². The van der Waals surface area contributed by atoms with Crippen molar-refractivity contribution in [2.24, 2.45) is 0 Å². The molecule has 1 aromatic rings.